The maximum atomic E-state index is 10.6. The predicted molar refractivity (Wildman–Crippen MR) is 113 cm³/mol. The maximum absolute atomic E-state index is 10.6. The Balaban J connectivity index is 0.000000325. The molecule has 0 unspecified atom stereocenters. The Labute approximate surface area is 191 Å². The molecule has 0 atom stereocenters. The lowest BCUT2D eigenvalue weighted by Gasteiger charge is -2.27. The number of aromatic amines is 1. The van der Waals surface area contributed by atoms with Gasteiger partial charge in [0.2, 0.25) is 6.79 Å². The summed E-state index contributed by atoms with van der Waals surface area (Å²) < 4.78 is 42.9. The highest BCUT2D eigenvalue weighted by atomic mass is 35.5. The van der Waals surface area contributed by atoms with E-state index in [4.69, 9.17) is 31.0 Å². The van der Waals surface area contributed by atoms with Crippen molar-refractivity contribution in [1.82, 2.24) is 15.1 Å². The Bertz CT molecular complexity index is 1170. The molecule has 1 aromatic heterocycles. The van der Waals surface area contributed by atoms with Crippen LogP contribution in [0.1, 0.15) is 16.8 Å². The van der Waals surface area contributed by atoms with Crippen molar-refractivity contribution >= 4 is 17.6 Å². The van der Waals surface area contributed by atoms with Crippen LogP contribution in [0.25, 0.3) is 11.3 Å². The quantitative estimate of drug-likeness (QED) is 0.566. The highest BCUT2D eigenvalue weighted by molar-refractivity contribution is 6.30. The summed E-state index contributed by atoms with van der Waals surface area (Å²) in [6.45, 7) is 2.95. The van der Waals surface area contributed by atoms with Crippen LogP contribution in [0.3, 0.4) is 0 Å². The van der Waals surface area contributed by atoms with Gasteiger partial charge in [-0.25, -0.2) is 4.79 Å². The molecule has 174 valence electrons. The predicted octanol–water partition coefficient (Wildman–Crippen LogP) is 4.65. The van der Waals surface area contributed by atoms with Gasteiger partial charge in [0.1, 0.15) is 0 Å². The van der Waals surface area contributed by atoms with Crippen molar-refractivity contribution in [2.24, 2.45) is 0 Å². The molecular formula is C22H19ClF3N3O4. The third kappa shape index (κ3) is 5.23. The van der Waals surface area contributed by atoms with Gasteiger partial charge in [-0.3, -0.25) is 10.00 Å². The van der Waals surface area contributed by atoms with E-state index in [2.05, 4.69) is 27.2 Å². The molecule has 33 heavy (non-hydrogen) atoms. The van der Waals surface area contributed by atoms with E-state index >= 15 is 0 Å². The number of nitrogens with one attached hydrogen (secondary N) is 1. The molecule has 0 spiro atoms. The zero-order valence-corrected chi connectivity index (χ0v) is 17.9. The first-order valence-corrected chi connectivity index (χ1v) is 10.3. The molecule has 0 bridgehead atoms. The van der Waals surface area contributed by atoms with Gasteiger partial charge in [-0.05, 0) is 18.2 Å². The minimum atomic E-state index is -5.08. The summed E-state index contributed by atoms with van der Waals surface area (Å²) in [7, 11) is 0. The molecule has 0 amide bonds. The van der Waals surface area contributed by atoms with Crippen LogP contribution < -0.4 is 9.47 Å². The molecule has 0 radical (unpaired) electrons. The van der Waals surface area contributed by atoms with Crippen LogP contribution in [0.4, 0.5) is 13.2 Å². The van der Waals surface area contributed by atoms with Crippen molar-refractivity contribution in [3.63, 3.8) is 0 Å². The second-order valence-corrected chi connectivity index (χ2v) is 7.89. The number of carbonyl (C=O) groups is 1. The minimum Gasteiger partial charge on any atom is -0.475 e. The number of hydrogen-bond donors (Lipinski definition) is 2. The standard InChI is InChI=1S/C20H18ClN3O2.C2HF3O2/c21-15-5-1-3-13(9-15)19-16-11-24(8-7-17(16)22-23-19)10-14-4-2-6-18-20(14)26-12-25-18;3-2(4,5)1(6)7/h1-6,9H,7-8,10-12H2,(H,22,23);(H,6,7). The minimum absolute atomic E-state index is 0.303. The van der Waals surface area contributed by atoms with E-state index in [1.807, 2.05) is 30.3 Å². The number of halogens is 4. The SMILES string of the molecule is Clc1cccc(-c2n[nH]c3c2CN(Cc2cccc4c2OCO4)CC3)c1.O=C(O)C(F)(F)F. The number of fused-ring (bicyclic) bond motifs is 2. The molecular weight excluding hydrogens is 463 g/mol. The zero-order valence-electron chi connectivity index (χ0n) is 17.2. The molecule has 2 aliphatic heterocycles. The highest BCUT2D eigenvalue weighted by Crippen LogP contribution is 2.37. The Hall–Kier alpha value is -3.24. The number of H-pyrrole nitrogens is 1. The van der Waals surface area contributed by atoms with E-state index < -0.39 is 12.1 Å². The molecule has 0 saturated carbocycles. The summed E-state index contributed by atoms with van der Waals surface area (Å²) in [5.74, 6) is -1.05. The average Bonchev–Trinajstić information content (AvgIpc) is 3.41. The zero-order chi connectivity index (χ0) is 23.6. The van der Waals surface area contributed by atoms with Crippen molar-refractivity contribution in [3.05, 3.63) is 64.3 Å². The third-order valence-corrected chi connectivity index (χ3v) is 5.46. The number of carboxylic acid groups (broad SMARTS) is 1. The van der Waals surface area contributed by atoms with Crippen LogP contribution in [-0.2, 0) is 24.3 Å². The fourth-order valence-electron chi connectivity index (χ4n) is 3.72. The van der Waals surface area contributed by atoms with Crippen molar-refractivity contribution in [3.8, 4) is 22.8 Å². The largest absolute Gasteiger partial charge is 0.490 e. The van der Waals surface area contributed by atoms with Crippen LogP contribution in [0.15, 0.2) is 42.5 Å². The van der Waals surface area contributed by atoms with Crippen molar-refractivity contribution < 1.29 is 32.5 Å². The number of para-hydroxylation sites is 1. The van der Waals surface area contributed by atoms with E-state index in [-0.39, 0.29) is 0 Å². The third-order valence-electron chi connectivity index (χ3n) is 5.23. The number of rotatable bonds is 3. The smallest absolute Gasteiger partial charge is 0.475 e. The molecule has 2 N–H and O–H groups in total. The summed E-state index contributed by atoms with van der Waals surface area (Å²) in [6.07, 6.45) is -4.13. The fourth-order valence-corrected chi connectivity index (χ4v) is 3.91. The van der Waals surface area contributed by atoms with E-state index in [1.165, 1.54) is 11.3 Å². The van der Waals surface area contributed by atoms with Gasteiger partial charge in [0.15, 0.2) is 11.5 Å². The van der Waals surface area contributed by atoms with E-state index in [0.29, 0.717) is 6.79 Å². The number of aromatic nitrogens is 2. The number of nitrogens with zero attached hydrogens (tertiary/aromatic N) is 2. The number of carboxylic acids is 1. The van der Waals surface area contributed by atoms with Gasteiger partial charge >= 0.3 is 12.1 Å². The molecule has 3 aromatic rings. The number of aliphatic carboxylic acids is 1. The molecule has 0 saturated heterocycles. The molecule has 2 aromatic carbocycles. The van der Waals surface area contributed by atoms with Gasteiger partial charge in [-0.15, -0.1) is 0 Å². The summed E-state index contributed by atoms with van der Waals surface area (Å²) in [5, 5.41) is 15.6. The Kier molecular flexibility index (Phi) is 6.48. The molecule has 0 fully saturated rings. The first-order valence-electron chi connectivity index (χ1n) is 9.94. The van der Waals surface area contributed by atoms with Crippen LogP contribution in [0.5, 0.6) is 11.5 Å². The number of alkyl halides is 3. The van der Waals surface area contributed by atoms with Gasteiger partial charge in [-0.1, -0.05) is 35.9 Å². The lowest BCUT2D eigenvalue weighted by Crippen LogP contribution is -2.30. The first kappa shape index (κ1) is 22.9. The topological polar surface area (TPSA) is 87.7 Å². The van der Waals surface area contributed by atoms with Gasteiger partial charge in [0, 0.05) is 53.5 Å². The summed E-state index contributed by atoms with van der Waals surface area (Å²) in [6, 6.07) is 13.9. The lowest BCUT2D eigenvalue weighted by molar-refractivity contribution is -0.192. The molecule has 5 rings (SSSR count). The first-order chi connectivity index (χ1) is 15.7. The maximum Gasteiger partial charge on any atom is 0.490 e. The fraction of sp³-hybridized carbons (Fsp3) is 0.273. The number of benzene rings is 2. The van der Waals surface area contributed by atoms with Gasteiger partial charge in [0.05, 0.1) is 5.69 Å². The number of ether oxygens (including phenoxy) is 2. The van der Waals surface area contributed by atoms with Gasteiger partial charge in [0.25, 0.3) is 0 Å². The second kappa shape index (κ2) is 9.32. The number of hydrogen-bond acceptors (Lipinski definition) is 5. The molecule has 0 aliphatic carbocycles. The summed E-state index contributed by atoms with van der Waals surface area (Å²) in [4.78, 5) is 11.3. The highest BCUT2D eigenvalue weighted by Gasteiger charge is 2.38. The van der Waals surface area contributed by atoms with E-state index in [1.54, 1.807) is 0 Å². The normalized spacial score (nSPS) is 14.9. The van der Waals surface area contributed by atoms with Gasteiger partial charge in [-0.2, -0.15) is 18.3 Å². The van der Waals surface area contributed by atoms with Crippen molar-refractivity contribution in [2.45, 2.75) is 25.7 Å². The molecule has 7 nitrogen and oxygen atoms in total. The summed E-state index contributed by atoms with van der Waals surface area (Å²) in [5.41, 5.74) is 5.67. The molecule has 2 aliphatic rings. The Morgan fingerprint density at radius 1 is 1.21 bits per heavy atom. The average molecular weight is 482 g/mol. The van der Waals surface area contributed by atoms with Crippen molar-refractivity contribution in [2.75, 3.05) is 13.3 Å². The van der Waals surface area contributed by atoms with E-state index in [0.717, 1.165) is 59.4 Å². The Morgan fingerprint density at radius 3 is 2.70 bits per heavy atom. The molecule has 11 heteroatoms. The van der Waals surface area contributed by atoms with Crippen LogP contribution in [0.2, 0.25) is 5.02 Å². The van der Waals surface area contributed by atoms with Crippen LogP contribution in [0, 0.1) is 0 Å². The van der Waals surface area contributed by atoms with Gasteiger partial charge < -0.3 is 14.6 Å². The monoisotopic (exact) mass is 481 g/mol. The van der Waals surface area contributed by atoms with Crippen LogP contribution >= 0.6 is 11.6 Å². The second-order valence-electron chi connectivity index (χ2n) is 7.45. The van der Waals surface area contributed by atoms with Crippen LogP contribution in [-0.4, -0.2) is 45.7 Å². The Morgan fingerprint density at radius 2 is 1.97 bits per heavy atom. The summed E-state index contributed by atoms with van der Waals surface area (Å²) >= 11 is 6.16. The van der Waals surface area contributed by atoms with E-state index in [9.17, 15) is 13.2 Å². The van der Waals surface area contributed by atoms with Crippen molar-refractivity contribution in [1.29, 1.82) is 0 Å². The molecule has 3 heterocycles. The lowest BCUT2D eigenvalue weighted by atomic mass is 10.0.